The van der Waals surface area contributed by atoms with Crippen LogP contribution in [0, 0.1) is 12.7 Å². The zero-order valence-corrected chi connectivity index (χ0v) is 11.0. The van der Waals surface area contributed by atoms with Gasteiger partial charge in [0, 0.05) is 11.4 Å². The van der Waals surface area contributed by atoms with Crippen molar-refractivity contribution in [1.29, 1.82) is 0 Å². The smallest absolute Gasteiger partial charge is 0.419 e. The summed E-state index contributed by atoms with van der Waals surface area (Å²) in [6, 6.07) is 5.68. The Balaban J connectivity index is 2.19. The fourth-order valence-corrected chi connectivity index (χ4v) is 1.77. The van der Waals surface area contributed by atoms with Crippen LogP contribution >= 0.6 is 0 Å². The second kappa shape index (κ2) is 5.59. The van der Waals surface area contributed by atoms with Crippen LogP contribution in [0.3, 0.4) is 0 Å². The Kier molecular flexibility index (Phi) is 4.02. The van der Waals surface area contributed by atoms with Gasteiger partial charge in [0.05, 0.1) is 12.1 Å². The van der Waals surface area contributed by atoms with Gasteiger partial charge in [-0.2, -0.15) is 13.2 Å². The van der Waals surface area contributed by atoms with Gasteiger partial charge in [-0.3, -0.25) is 4.98 Å². The van der Waals surface area contributed by atoms with Crippen molar-refractivity contribution < 1.29 is 22.7 Å². The molecular formula is C14H12F4N2O. The Morgan fingerprint density at radius 3 is 2.57 bits per heavy atom. The van der Waals surface area contributed by atoms with Crippen molar-refractivity contribution in [3.8, 4) is 5.75 Å². The molecule has 0 atom stereocenters. The number of alkyl halides is 3. The molecule has 2 rings (SSSR count). The van der Waals surface area contributed by atoms with Crippen LogP contribution in [0.1, 0.15) is 17.0 Å². The van der Waals surface area contributed by atoms with Crippen LogP contribution in [0.5, 0.6) is 5.75 Å². The molecule has 1 aromatic carbocycles. The van der Waals surface area contributed by atoms with Gasteiger partial charge in [0.2, 0.25) is 0 Å². The van der Waals surface area contributed by atoms with E-state index in [1.165, 1.54) is 12.1 Å². The minimum absolute atomic E-state index is 0.0242. The molecule has 0 fully saturated rings. The molecule has 0 radical (unpaired) electrons. The first kappa shape index (κ1) is 15.1. The lowest BCUT2D eigenvalue weighted by molar-refractivity contribution is -0.139. The molecular weight excluding hydrogens is 288 g/mol. The highest BCUT2D eigenvalue weighted by atomic mass is 19.4. The second-order valence-corrected chi connectivity index (χ2v) is 4.46. The van der Waals surface area contributed by atoms with E-state index < -0.39 is 17.6 Å². The van der Waals surface area contributed by atoms with Gasteiger partial charge < -0.3 is 10.4 Å². The van der Waals surface area contributed by atoms with Crippen molar-refractivity contribution in [2.75, 3.05) is 5.32 Å². The number of rotatable bonds is 3. The van der Waals surface area contributed by atoms with Crippen molar-refractivity contribution in [3.63, 3.8) is 0 Å². The Bertz CT molecular complexity index is 656. The van der Waals surface area contributed by atoms with E-state index in [0.29, 0.717) is 17.5 Å². The van der Waals surface area contributed by atoms with Crippen molar-refractivity contribution in [3.05, 3.63) is 53.1 Å². The molecule has 1 heterocycles. The van der Waals surface area contributed by atoms with Crippen molar-refractivity contribution >= 4 is 5.69 Å². The van der Waals surface area contributed by atoms with Gasteiger partial charge in [0.1, 0.15) is 17.3 Å². The maximum Gasteiger partial charge on any atom is 0.419 e. The summed E-state index contributed by atoms with van der Waals surface area (Å²) < 4.78 is 50.9. The van der Waals surface area contributed by atoms with E-state index in [1.54, 1.807) is 13.0 Å². The minimum atomic E-state index is -4.76. The normalized spacial score (nSPS) is 11.5. The number of hydrogen-bond acceptors (Lipinski definition) is 3. The van der Waals surface area contributed by atoms with Crippen LogP contribution in [-0.4, -0.2) is 10.1 Å². The van der Waals surface area contributed by atoms with Crippen LogP contribution in [0.2, 0.25) is 0 Å². The molecule has 2 aromatic rings. The number of anilines is 1. The number of aromatic nitrogens is 1. The molecule has 1 aromatic heterocycles. The number of nitrogens with one attached hydrogen (secondary N) is 1. The third-order valence-corrected chi connectivity index (χ3v) is 2.82. The van der Waals surface area contributed by atoms with Gasteiger partial charge in [-0.25, -0.2) is 4.39 Å². The van der Waals surface area contributed by atoms with Crippen LogP contribution in [0.4, 0.5) is 23.2 Å². The fraction of sp³-hybridized carbons (Fsp3) is 0.214. The van der Waals surface area contributed by atoms with E-state index in [4.69, 9.17) is 0 Å². The van der Waals surface area contributed by atoms with Crippen molar-refractivity contribution in [1.82, 2.24) is 4.98 Å². The number of pyridine rings is 1. The first-order valence-corrected chi connectivity index (χ1v) is 6.03. The van der Waals surface area contributed by atoms with E-state index in [9.17, 15) is 22.7 Å². The summed E-state index contributed by atoms with van der Waals surface area (Å²) in [6.45, 7) is 1.75. The van der Waals surface area contributed by atoms with E-state index in [-0.39, 0.29) is 18.0 Å². The summed E-state index contributed by atoms with van der Waals surface area (Å²) in [5, 5.41) is 12.3. The number of hydrogen-bond donors (Lipinski definition) is 2. The Hall–Kier alpha value is -2.31. The molecule has 7 heteroatoms. The van der Waals surface area contributed by atoms with E-state index in [0.717, 1.165) is 6.07 Å². The highest BCUT2D eigenvalue weighted by Crippen LogP contribution is 2.33. The predicted octanol–water partition coefficient (Wildman–Crippen LogP) is 3.87. The Labute approximate surface area is 118 Å². The van der Waals surface area contributed by atoms with Crippen LogP contribution < -0.4 is 5.32 Å². The van der Waals surface area contributed by atoms with Crippen molar-refractivity contribution in [2.24, 2.45) is 0 Å². The van der Waals surface area contributed by atoms with Gasteiger partial charge in [0.15, 0.2) is 0 Å². The minimum Gasteiger partial charge on any atom is -0.506 e. The van der Waals surface area contributed by atoms with Gasteiger partial charge in [-0.05, 0) is 37.3 Å². The van der Waals surface area contributed by atoms with E-state index in [1.807, 2.05) is 0 Å². The monoisotopic (exact) mass is 300 g/mol. The highest BCUT2D eigenvalue weighted by molar-refractivity contribution is 5.48. The number of halogens is 4. The third-order valence-electron chi connectivity index (χ3n) is 2.82. The Morgan fingerprint density at radius 2 is 1.90 bits per heavy atom. The largest absolute Gasteiger partial charge is 0.506 e. The molecule has 0 bridgehead atoms. The van der Waals surface area contributed by atoms with Crippen LogP contribution in [0.15, 0.2) is 30.3 Å². The van der Waals surface area contributed by atoms with Crippen LogP contribution in [0.25, 0.3) is 0 Å². The fourth-order valence-electron chi connectivity index (χ4n) is 1.77. The molecule has 0 aliphatic carbocycles. The third kappa shape index (κ3) is 3.62. The number of nitrogens with zero attached hydrogens (tertiary/aromatic N) is 1. The molecule has 0 saturated heterocycles. The molecule has 2 N–H and O–H groups in total. The second-order valence-electron chi connectivity index (χ2n) is 4.46. The van der Waals surface area contributed by atoms with E-state index >= 15 is 0 Å². The molecule has 3 nitrogen and oxygen atoms in total. The lowest BCUT2D eigenvalue weighted by Crippen LogP contribution is -2.10. The topological polar surface area (TPSA) is 45.1 Å². The summed E-state index contributed by atoms with van der Waals surface area (Å²) >= 11 is 0. The average molecular weight is 300 g/mol. The summed E-state index contributed by atoms with van der Waals surface area (Å²) in [5.41, 5.74) is -0.284. The Morgan fingerprint density at radius 1 is 1.19 bits per heavy atom. The quantitative estimate of drug-likeness (QED) is 0.846. The predicted molar refractivity (Wildman–Crippen MR) is 69.4 cm³/mol. The number of aromatic hydroxyl groups is 1. The van der Waals surface area contributed by atoms with Crippen molar-refractivity contribution in [2.45, 2.75) is 19.6 Å². The molecule has 0 aliphatic heterocycles. The zero-order valence-electron chi connectivity index (χ0n) is 11.0. The molecule has 0 amide bonds. The SMILES string of the molecule is Cc1ccc(O)c(CNc2ccc(F)c(C(F)(F)F)c2)n1. The summed E-state index contributed by atoms with van der Waals surface area (Å²) in [4.78, 5) is 4.07. The van der Waals surface area contributed by atoms with Crippen LogP contribution in [-0.2, 0) is 12.7 Å². The van der Waals surface area contributed by atoms with Gasteiger partial charge in [-0.1, -0.05) is 0 Å². The maximum atomic E-state index is 13.1. The molecule has 0 unspecified atom stereocenters. The number of benzene rings is 1. The van der Waals surface area contributed by atoms with E-state index in [2.05, 4.69) is 10.3 Å². The van der Waals surface area contributed by atoms with Gasteiger partial charge in [-0.15, -0.1) is 0 Å². The molecule has 0 saturated carbocycles. The summed E-state index contributed by atoms with van der Waals surface area (Å²) in [6.07, 6.45) is -4.76. The summed E-state index contributed by atoms with van der Waals surface area (Å²) in [7, 11) is 0. The average Bonchev–Trinajstić information content (AvgIpc) is 2.40. The lowest BCUT2D eigenvalue weighted by Gasteiger charge is -2.12. The maximum absolute atomic E-state index is 13.1. The first-order valence-electron chi connectivity index (χ1n) is 6.03. The first-order chi connectivity index (χ1) is 9.77. The zero-order chi connectivity index (χ0) is 15.6. The van der Waals surface area contributed by atoms with Gasteiger partial charge in [0.25, 0.3) is 0 Å². The molecule has 21 heavy (non-hydrogen) atoms. The van der Waals surface area contributed by atoms with Gasteiger partial charge >= 0.3 is 6.18 Å². The lowest BCUT2D eigenvalue weighted by atomic mass is 10.1. The molecule has 0 aliphatic rings. The highest BCUT2D eigenvalue weighted by Gasteiger charge is 2.34. The summed E-state index contributed by atoms with van der Waals surface area (Å²) in [5.74, 6) is -1.39. The standard InChI is InChI=1S/C14H12F4N2O/c1-8-2-5-13(21)12(20-8)7-19-9-3-4-11(15)10(6-9)14(16,17)18/h2-6,19,21H,7H2,1H3. The molecule has 112 valence electrons. The molecule has 0 spiro atoms. The number of aryl methyl sites for hydroxylation is 1.